The van der Waals surface area contributed by atoms with Gasteiger partial charge in [-0.1, -0.05) is 41.4 Å². The van der Waals surface area contributed by atoms with Crippen LogP contribution >= 0.6 is 23.2 Å². The minimum Gasteiger partial charge on any atom is -0.399 e. The van der Waals surface area contributed by atoms with E-state index in [0.29, 0.717) is 32.5 Å². The molecule has 3 N–H and O–H groups in total. The number of ketones is 1. The van der Waals surface area contributed by atoms with Crippen molar-refractivity contribution in [2.45, 2.75) is 18.6 Å². The van der Waals surface area contributed by atoms with Gasteiger partial charge in [-0.3, -0.25) is 9.59 Å². The maximum atomic E-state index is 13.3. The number of carbonyl (C=O) groups excluding carboxylic acids is 2. The van der Waals surface area contributed by atoms with Gasteiger partial charge < -0.3 is 15.7 Å². The lowest BCUT2D eigenvalue weighted by atomic mass is 9.88. The van der Waals surface area contributed by atoms with Gasteiger partial charge in [-0.15, -0.1) is 0 Å². The summed E-state index contributed by atoms with van der Waals surface area (Å²) >= 11 is 12.4. The zero-order valence-corrected chi connectivity index (χ0v) is 17.3. The number of rotatable bonds is 5. The number of amides is 1. The first-order chi connectivity index (χ1) is 14.3. The Morgan fingerprint density at radius 2 is 1.73 bits per heavy atom. The van der Waals surface area contributed by atoms with E-state index in [9.17, 15) is 14.7 Å². The summed E-state index contributed by atoms with van der Waals surface area (Å²) in [5, 5.41) is 12.3. The van der Waals surface area contributed by atoms with Crippen LogP contribution in [0.2, 0.25) is 10.0 Å². The quantitative estimate of drug-likeness (QED) is 0.449. The summed E-state index contributed by atoms with van der Waals surface area (Å²) in [6, 6.07) is 18.3. The molecule has 0 aliphatic carbocycles. The van der Waals surface area contributed by atoms with Gasteiger partial charge >= 0.3 is 0 Å². The van der Waals surface area contributed by atoms with E-state index < -0.39 is 17.9 Å². The van der Waals surface area contributed by atoms with Gasteiger partial charge in [-0.25, -0.2) is 0 Å². The van der Waals surface area contributed by atoms with Crippen molar-refractivity contribution in [3.8, 4) is 0 Å². The molecule has 0 aromatic heterocycles. The Morgan fingerprint density at radius 1 is 1.03 bits per heavy atom. The lowest BCUT2D eigenvalue weighted by molar-refractivity contribution is -0.136. The van der Waals surface area contributed by atoms with Crippen molar-refractivity contribution in [2.24, 2.45) is 0 Å². The van der Waals surface area contributed by atoms with E-state index in [1.54, 1.807) is 48.5 Å². The summed E-state index contributed by atoms with van der Waals surface area (Å²) in [7, 11) is 0. The van der Waals surface area contributed by atoms with Crippen LogP contribution in [0.5, 0.6) is 0 Å². The number of halogens is 2. The van der Waals surface area contributed by atoms with Gasteiger partial charge in [-0.05, 0) is 54.1 Å². The largest absolute Gasteiger partial charge is 0.399 e. The van der Waals surface area contributed by atoms with Crippen molar-refractivity contribution < 1.29 is 14.7 Å². The fraction of sp³-hybridized carbons (Fsp3) is 0.130. The lowest BCUT2D eigenvalue weighted by Gasteiger charge is -2.23. The van der Waals surface area contributed by atoms with E-state index in [1.165, 1.54) is 11.0 Å². The first kappa shape index (κ1) is 20.4. The molecular weight excluding hydrogens is 423 g/mol. The van der Waals surface area contributed by atoms with Crippen LogP contribution < -0.4 is 10.6 Å². The average molecular weight is 441 g/mol. The first-order valence-corrected chi connectivity index (χ1v) is 10.0. The molecule has 152 valence electrons. The molecule has 1 aliphatic heterocycles. The van der Waals surface area contributed by atoms with Gasteiger partial charge in [-0.2, -0.15) is 0 Å². The van der Waals surface area contributed by atoms with Gasteiger partial charge in [0.2, 0.25) is 0 Å². The van der Waals surface area contributed by atoms with Crippen LogP contribution in [0.4, 0.5) is 11.4 Å². The SMILES string of the molecule is Nc1ccc(C(=O)C[C@]2(O)C(=O)N(Cc3ccccc3Cl)c3ccc(Cl)cc32)cc1. The number of nitrogens with zero attached hydrogens (tertiary/aromatic N) is 1. The van der Waals surface area contributed by atoms with Crippen LogP contribution in [-0.4, -0.2) is 16.8 Å². The highest BCUT2D eigenvalue weighted by Gasteiger charge is 2.51. The van der Waals surface area contributed by atoms with Crippen LogP contribution in [0.25, 0.3) is 0 Å². The van der Waals surface area contributed by atoms with Crippen LogP contribution in [0.1, 0.15) is 27.9 Å². The second-order valence-corrected chi connectivity index (χ2v) is 8.07. The number of aliphatic hydroxyl groups is 1. The summed E-state index contributed by atoms with van der Waals surface area (Å²) in [5.74, 6) is -0.972. The number of hydrogen-bond acceptors (Lipinski definition) is 4. The zero-order chi connectivity index (χ0) is 21.5. The minimum absolute atomic E-state index is 0.158. The molecule has 7 heteroatoms. The van der Waals surface area contributed by atoms with Crippen LogP contribution in [0.15, 0.2) is 66.7 Å². The number of nitrogens with two attached hydrogens (primary N) is 1. The Bertz CT molecular complexity index is 1150. The highest BCUT2D eigenvalue weighted by Crippen LogP contribution is 2.45. The Morgan fingerprint density at radius 3 is 2.43 bits per heavy atom. The molecule has 0 bridgehead atoms. The molecule has 1 heterocycles. The Balaban J connectivity index is 1.72. The fourth-order valence-electron chi connectivity index (χ4n) is 3.65. The molecule has 4 rings (SSSR count). The van der Waals surface area contributed by atoms with Crippen molar-refractivity contribution in [1.29, 1.82) is 0 Å². The third-order valence-electron chi connectivity index (χ3n) is 5.23. The molecule has 3 aromatic rings. The van der Waals surface area contributed by atoms with Crippen LogP contribution in [0.3, 0.4) is 0 Å². The average Bonchev–Trinajstić information content (AvgIpc) is 2.91. The summed E-state index contributed by atoms with van der Waals surface area (Å²) in [5.41, 5.74) is 6.05. The van der Waals surface area contributed by atoms with Gasteiger partial charge in [0.15, 0.2) is 11.4 Å². The predicted molar refractivity (Wildman–Crippen MR) is 118 cm³/mol. The molecule has 1 amide bonds. The molecule has 3 aromatic carbocycles. The monoisotopic (exact) mass is 440 g/mol. The topological polar surface area (TPSA) is 83.6 Å². The van der Waals surface area contributed by atoms with Crippen LogP contribution in [-0.2, 0) is 16.9 Å². The number of anilines is 2. The number of hydrogen-bond donors (Lipinski definition) is 2. The Kier molecular flexibility index (Phi) is 5.28. The van der Waals surface area contributed by atoms with Crippen LogP contribution in [0, 0.1) is 0 Å². The van der Waals surface area contributed by atoms with Gasteiger partial charge in [0.1, 0.15) is 0 Å². The van der Waals surface area contributed by atoms with Gasteiger partial charge in [0.05, 0.1) is 18.7 Å². The maximum absolute atomic E-state index is 13.3. The molecule has 0 spiro atoms. The highest BCUT2D eigenvalue weighted by atomic mass is 35.5. The lowest BCUT2D eigenvalue weighted by Crippen LogP contribution is -2.41. The molecule has 0 fully saturated rings. The number of fused-ring (bicyclic) bond motifs is 1. The summed E-state index contributed by atoms with van der Waals surface area (Å²) in [6.45, 7) is 0.158. The molecule has 0 saturated heterocycles. The number of Topliss-reactive ketones (excluding diaryl/α,β-unsaturated/α-hetero) is 1. The molecular formula is C23H18Cl2N2O3. The molecule has 1 atom stereocenters. The van der Waals surface area contributed by atoms with E-state index in [-0.39, 0.29) is 12.3 Å². The Hall–Kier alpha value is -2.86. The molecule has 30 heavy (non-hydrogen) atoms. The van der Waals surface area contributed by atoms with Crippen molar-refractivity contribution in [1.82, 2.24) is 0 Å². The van der Waals surface area contributed by atoms with Crippen molar-refractivity contribution in [3.63, 3.8) is 0 Å². The van der Waals surface area contributed by atoms with E-state index in [1.807, 2.05) is 12.1 Å². The van der Waals surface area contributed by atoms with E-state index >= 15 is 0 Å². The first-order valence-electron chi connectivity index (χ1n) is 9.26. The second kappa shape index (κ2) is 7.76. The van der Waals surface area contributed by atoms with E-state index in [2.05, 4.69) is 0 Å². The zero-order valence-electron chi connectivity index (χ0n) is 15.8. The summed E-state index contributed by atoms with van der Waals surface area (Å²) in [4.78, 5) is 27.6. The van der Waals surface area contributed by atoms with Crippen molar-refractivity contribution in [3.05, 3.63) is 93.5 Å². The molecule has 5 nitrogen and oxygen atoms in total. The van der Waals surface area contributed by atoms with Crippen molar-refractivity contribution in [2.75, 3.05) is 10.6 Å². The van der Waals surface area contributed by atoms with Crippen molar-refractivity contribution >= 4 is 46.3 Å². The Labute approximate surface area is 183 Å². The number of carbonyl (C=O) groups is 2. The van der Waals surface area contributed by atoms with E-state index in [0.717, 1.165) is 5.56 Å². The minimum atomic E-state index is -2.03. The normalized spacial score (nSPS) is 17.8. The third-order valence-corrected chi connectivity index (χ3v) is 5.83. The summed E-state index contributed by atoms with van der Waals surface area (Å²) < 4.78 is 0. The van der Waals surface area contributed by atoms with E-state index in [4.69, 9.17) is 28.9 Å². The van der Waals surface area contributed by atoms with Gasteiger partial charge in [0.25, 0.3) is 5.91 Å². The predicted octanol–water partition coefficient (Wildman–Crippen LogP) is 4.58. The summed E-state index contributed by atoms with van der Waals surface area (Å²) in [6.07, 6.45) is -0.415. The fourth-order valence-corrected chi connectivity index (χ4v) is 4.02. The molecule has 0 unspecified atom stereocenters. The number of nitrogen functional groups attached to an aromatic ring is 1. The van der Waals surface area contributed by atoms with Gasteiger partial charge in [0, 0.05) is 26.9 Å². The highest BCUT2D eigenvalue weighted by molar-refractivity contribution is 6.31. The maximum Gasteiger partial charge on any atom is 0.264 e. The second-order valence-electron chi connectivity index (χ2n) is 7.23. The standard InChI is InChI=1S/C23H18Cl2N2O3/c24-16-7-10-20-18(11-16)23(30,12-21(28)14-5-8-17(26)9-6-14)22(29)27(20)13-15-3-1-2-4-19(15)25/h1-11,30H,12-13,26H2/t23-/m1/s1. The smallest absolute Gasteiger partial charge is 0.264 e. The molecule has 0 saturated carbocycles. The third kappa shape index (κ3) is 3.56. The molecule has 0 radical (unpaired) electrons. The molecule has 1 aliphatic rings. The number of benzene rings is 3.